The van der Waals surface area contributed by atoms with Crippen molar-refractivity contribution in [3.05, 3.63) is 29.8 Å². The molecule has 0 aliphatic carbocycles. The molecule has 128 valence electrons. The van der Waals surface area contributed by atoms with Gasteiger partial charge in [-0.25, -0.2) is 0 Å². The summed E-state index contributed by atoms with van der Waals surface area (Å²) in [6.07, 6.45) is -6.76. The van der Waals surface area contributed by atoms with Gasteiger partial charge < -0.3 is 35.0 Å². The van der Waals surface area contributed by atoms with Gasteiger partial charge >= 0.3 is 0 Å². The molecule has 1 aliphatic heterocycles. The molecular weight excluding hydrogens is 308 g/mol. The second-order valence-electron chi connectivity index (χ2n) is 5.29. The van der Waals surface area contributed by atoms with Crippen molar-refractivity contribution in [2.24, 2.45) is 0 Å². The second kappa shape index (κ2) is 7.82. The third-order valence-corrected chi connectivity index (χ3v) is 3.65. The standard InChI is InChI=1S/C15H20O8/c16-7-11-12(19)13(20)14(21)15(23-11)22-6-5-10(18)8-1-3-9(17)4-2-8/h1-4,11-17,19-21H,5-7H2/t11-,12-,13+,14-,15?/m1/s1. The molecule has 23 heavy (non-hydrogen) atoms. The summed E-state index contributed by atoms with van der Waals surface area (Å²) in [5, 5.41) is 47.3. The summed E-state index contributed by atoms with van der Waals surface area (Å²) in [7, 11) is 0. The number of carbonyl (C=O) groups is 1. The van der Waals surface area contributed by atoms with E-state index in [1.54, 1.807) is 0 Å². The molecule has 1 aromatic rings. The number of hydrogen-bond acceptors (Lipinski definition) is 8. The van der Waals surface area contributed by atoms with Gasteiger partial charge in [0.2, 0.25) is 0 Å². The summed E-state index contributed by atoms with van der Waals surface area (Å²) in [4.78, 5) is 11.9. The maximum atomic E-state index is 11.9. The van der Waals surface area contributed by atoms with E-state index >= 15 is 0 Å². The third kappa shape index (κ3) is 4.25. The highest BCUT2D eigenvalue weighted by Crippen LogP contribution is 2.22. The molecule has 0 amide bonds. The van der Waals surface area contributed by atoms with Crippen molar-refractivity contribution >= 4 is 5.78 Å². The van der Waals surface area contributed by atoms with Crippen LogP contribution < -0.4 is 0 Å². The second-order valence-corrected chi connectivity index (χ2v) is 5.29. The first-order chi connectivity index (χ1) is 10.9. The minimum Gasteiger partial charge on any atom is -0.508 e. The number of aliphatic hydroxyl groups is 4. The Morgan fingerprint density at radius 3 is 2.35 bits per heavy atom. The largest absolute Gasteiger partial charge is 0.508 e. The smallest absolute Gasteiger partial charge is 0.186 e. The summed E-state index contributed by atoms with van der Waals surface area (Å²) >= 11 is 0. The lowest BCUT2D eigenvalue weighted by Crippen LogP contribution is -2.59. The molecule has 1 unspecified atom stereocenters. The van der Waals surface area contributed by atoms with Crippen molar-refractivity contribution in [3.63, 3.8) is 0 Å². The number of phenolic OH excluding ortho intramolecular Hbond substituents is 1. The number of rotatable bonds is 6. The molecule has 0 spiro atoms. The molecule has 5 N–H and O–H groups in total. The predicted molar refractivity (Wildman–Crippen MR) is 76.8 cm³/mol. The number of Topliss-reactive ketones (excluding diaryl/α,β-unsaturated/α-hetero) is 1. The molecule has 8 nitrogen and oxygen atoms in total. The van der Waals surface area contributed by atoms with E-state index in [-0.39, 0.29) is 24.6 Å². The molecule has 5 atom stereocenters. The fraction of sp³-hybridized carbons (Fsp3) is 0.533. The first-order valence-electron chi connectivity index (χ1n) is 7.18. The van der Waals surface area contributed by atoms with E-state index in [1.807, 2.05) is 0 Å². The Morgan fingerprint density at radius 2 is 1.74 bits per heavy atom. The Kier molecular flexibility index (Phi) is 6.05. The zero-order valence-electron chi connectivity index (χ0n) is 12.3. The van der Waals surface area contributed by atoms with E-state index in [4.69, 9.17) is 19.7 Å². The molecule has 1 fully saturated rings. The summed E-state index contributed by atoms with van der Waals surface area (Å²) in [5.74, 6) is -0.172. The molecule has 0 bridgehead atoms. The van der Waals surface area contributed by atoms with Gasteiger partial charge in [-0.3, -0.25) is 4.79 Å². The monoisotopic (exact) mass is 328 g/mol. The van der Waals surface area contributed by atoms with Crippen molar-refractivity contribution in [3.8, 4) is 5.75 Å². The molecule has 1 heterocycles. The highest BCUT2D eigenvalue weighted by atomic mass is 16.7. The van der Waals surface area contributed by atoms with E-state index in [0.717, 1.165) is 0 Å². The van der Waals surface area contributed by atoms with E-state index in [0.29, 0.717) is 5.56 Å². The number of carbonyl (C=O) groups excluding carboxylic acids is 1. The number of ether oxygens (including phenoxy) is 2. The van der Waals surface area contributed by atoms with Crippen LogP contribution in [0.3, 0.4) is 0 Å². The fourth-order valence-electron chi connectivity index (χ4n) is 2.26. The van der Waals surface area contributed by atoms with Crippen LogP contribution >= 0.6 is 0 Å². The van der Waals surface area contributed by atoms with Crippen molar-refractivity contribution in [2.75, 3.05) is 13.2 Å². The Hall–Kier alpha value is -1.55. The van der Waals surface area contributed by atoms with Crippen molar-refractivity contribution in [1.29, 1.82) is 0 Å². The average molecular weight is 328 g/mol. The number of aliphatic hydroxyl groups excluding tert-OH is 4. The van der Waals surface area contributed by atoms with E-state index in [2.05, 4.69) is 0 Å². The molecule has 1 aliphatic rings. The Labute approximate surface area is 132 Å². The fourth-order valence-corrected chi connectivity index (χ4v) is 2.26. The minimum atomic E-state index is -1.52. The zero-order chi connectivity index (χ0) is 17.0. The normalized spacial score (nSPS) is 31.0. The van der Waals surface area contributed by atoms with Crippen molar-refractivity contribution < 1.29 is 39.8 Å². The van der Waals surface area contributed by atoms with Gasteiger partial charge in [0.25, 0.3) is 0 Å². The number of aromatic hydroxyl groups is 1. The first kappa shape index (κ1) is 17.8. The molecule has 0 saturated carbocycles. The van der Waals surface area contributed by atoms with Crippen LogP contribution in [0.5, 0.6) is 5.75 Å². The minimum absolute atomic E-state index is 0.000203. The average Bonchev–Trinajstić information content (AvgIpc) is 2.55. The van der Waals surface area contributed by atoms with Crippen LogP contribution in [-0.4, -0.2) is 75.2 Å². The first-order valence-corrected chi connectivity index (χ1v) is 7.18. The lowest BCUT2D eigenvalue weighted by molar-refractivity contribution is -0.300. The Balaban J connectivity index is 1.85. The van der Waals surface area contributed by atoms with E-state index < -0.39 is 37.3 Å². The highest BCUT2D eigenvalue weighted by Gasteiger charge is 2.43. The molecule has 0 aromatic heterocycles. The van der Waals surface area contributed by atoms with Crippen molar-refractivity contribution in [1.82, 2.24) is 0 Å². The maximum absolute atomic E-state index is 11.9. The number of hydrogen-bond donors (Lipinski definition) is 5. The SMILES string of the molecule is O=C(CCOC1O[C@H](CO)[C@@H](O)[C@H](O)[C@H]1O)c1ccc(O)cc1. The van der Waals surface area contributed by atoms with Gasteiger partial charge in [0.1, 0.15) is 30.2 Å². The quantitative estimate of drug-likeness (QED) is 0.410. The summed E-state index contributed by atoms with van der Waals surface area (Å²) in [6.45, 7) is -0.625. The Morgan fingerprint density at radius 1 is 1.09 bits per heavy atom. The lowest BCUT2D eigenvalue weighted by atomic mass is 9.99. The van der Waals surface area contributed by atoms with Gasteiger partial charge in [-0.05, 0) is 24.3 Å². The topological polar surface area (TPSA) is 137 Å². The molecule has 1 saturated heterocycles. The number of benzene rings is 1. The third-order valence-electron chi connectivity index (χ3n) is 3.65. The van der Waals surface area contributed by atoms with Gasteiger partial charge in [0.15, 0.2) is 12.1 Å². The Bertz CT molecular complexity index is 515. The van der Waals surface area contributed by atoms with Gasteiger partial charge in [-0.15, -0.1) is 0 Å². The van der Waals surface area contributed by atoms with E-state index in [1.165, 1.54) is 24.3 Å². The van der Waals surface area contributed by atoms with E-state index in [9.17, 15) is 20.1 Å². The highest BCUT2D eigenvalue weighted by molar-refractivity contribution is 5.96. The summed E-state index contributed by atoms with van der Waals surface area (Å²) in [5.41, 5.74) is 0.403. The molecule has 2 rings (SSSR count). The summed E-state index contributed by atoms with van der Waals surface area (Å²) in [6, 6.07) is 5.74. The van der Waals surface area contributed by atoms with Gasteiger partial charge in [0, 0.05) is 12.0 Å². The molecule has 0 radical (unpaired) electrons. The number of ketones is 1. The maximum Gasteiger partial charge on any atom is 0.186 e. The van der Waals surface area contributed by atoms with Gasteiger partial charge in [-0.1, -0.05) is 0 Å². The van der Waals surface area contributed by atoms with Crippen LogP contribution in [0.15, 0.2) is 24.3 Å². The van der Waals surface area contributed by atoms with Crippen molar-refractivity contribution in [2.45, 2.75) is 37.1 Å². The molecule has 1 aromatic carbocycles. The number of phenols is 1. The van der Waals surface area contributed by atoms with Crippen LogP contribution in [0, 0.1) is 0 Å². The van der Waals surface area contributed by atoms with Gasteiger partial charge in [-0.2, -0.15) is 0 Å². The lowest BCUT2D eigenvalue weighted by Gasteiger charge is -2.39. The van der Waals surface area contributed by atoms with Crippen LogP contribution in [0.25, 0.3) is 0 Å². The van der Waals surface area contributed by atoms with Crippen LogP contribution in [0.4, 0.5) is 0 Å². The predicted octanol–water partition coefficient (Wildman–Crippen LogP) is -1.22. The zero-order valence-corrected chi connectivity index (χ0v) is 12.3. The molecule has 8 heteroatoms. The van der Waals surface area contributed by atoms with Crippen LogP contribution in [0.1, 0.15) is 16.8 Å². The summed E-state index contributed by atoms with van der Waals surface area (Å²) < 4.78 is 10.4. The van der Waals surface area contributed by atoms with Crippen LogP contribution in [0.2, 0.25) is 0 Å². The molecular formula is C15H20O8. The van der Waals surface area contributed by atoms with Crippen LogP contribution in [-0.2, 0) is 9.47 Å². The van der Waals surface area contributed by atoms with Gasteiger partial charge in [0.05, 0.1) is 13.2 Å².